The number of furan rings is 1. The Morgan fingerprint density at radius 3 is 2.55 bits per heavy atom. The number of benzene rings is 2. The maximum atomic E-state index is 12.7. The number of nitrogens with zero attached hydrogens (tertiary/aromatic N) is 1. The van der Waals surface area contributed by atoms with Gasteiger partial charge in [-0.05, 0) is 54.4 Å². The van der Waals surface area contributed by atoms with E-state index in [1.807, 2.05) is 0 Å². The van der Waals surface area contributed by atoms with E-state index in [2.05, 4.69) is 5.32 Å². The molecule has 8 heteroatoms. The number of carboxylic acids is 1. The van der Waals surface area contributed by atoms with Gasteiger partial charge in [0.15, 0.2) is 0 Å². The summed E-state index contributed by atoms with van der Waals surface area (Å²) in [6.07, 6.45) is 1.46. The van der Waals surface area contributed by atoms with E-state index >= 15 is 0 Å². The average Bonchev–Trinajstić information content (AvgIpc) is 3.29. The quantitative estimate of drug-likeness (QED) is 0.446. The predicted octanol–water partition coefficient (Wildman–Crippen LogP) is 4.70. The lowest BCUT2D eigenvalue weighted by molar-refractivity contribution is -0.123. The van der Waals surface area contributed by atoms with Gasteiger partial charge < -0.3 is 14.8 Å². The van der Waals surface area contributed by atoms with Crippen LogP contribution in [0.1, 0.15) is 27.2 Å². The molecule has 3 amide bonds. The Morgan fingerprint density at radius 2 is 1.87 bits per heavy atom. The van der Waals surface area contributed by atoms with E-state index in [0.29, 0.717) is 16.5 Å². The first-order valence-corrected chi connectivity index (χ1v) is 9.73. The number of carbonyl (C=O) groups excluding carboxylic acids is 2. The van der Waals surface area contributed by atoms with Crippen LogP contribution in [-0.2, 0) is 11.3 Å². The summed E-state index contributed by atoms with van der Waals surface area (Å²) in [5.41, 5.74) is 2.55. The highest BCUT2D eigenvalue weighted by Gasteiger charge is 2.33. The van der Waals surface area contributed by atoms with Gasteiger partial charge in [0, 0.05) is 16.7 Å². The van der Waals surface area contributed by atoms with Gasteiger partial charge in [-0.3, -0.25) is 9.69 Å². The van der Waals surface area contributed by atoms with Crippen LogP contribution in [0.3, 0.4) is 0 Å². The molecule has 2 heterocycles. The fraction of sp³-hybridized carbons (Fsp3) is 0.0870. The van der Waals surface area contributed by atoms with Gasteiger partial charge >= 0.3 is 12.0 Å². The minimum absolute atomic E-state index is 0.109. The topological polar surface area (TPSA) is 99.9 Å². The summed E-state index contributed by atoms with van der Waals surface area (Å²) in [5, 5.41) is 12.2. The molecule has 0 radical (unpaired) electrons. The lowest BCUT2D eigenvalue weighted by Gasteiger charge is -2.11. The normalized spacial score (nSPS) is 14.9. The van der Waals surface area contributed by atoms with E-state index in [-0.39, 0.29) is 17.8 Å². The van der Waals surface area contributed by atoms with Crippen LogP contribution in [0, 0.1) is 6.92 Å². The van der Waals surface area contributed by atoms with Crippen molar-refractivity contribution in [1.82, 2.24) is 10.2 Å². The van der Waals surface area contributed by atoms with Gasteiger partial charge in [0.1, 0.15) is 17.2 Å². The number of nitrogens with one attached hydrogen (secondary N) is 1. The van der Waals surface area contributed by atoms with Crippen molar-refractivity contribution < 1.29 is 23.9 Å². The summed E-state index contributed by atoms with van der Waals surface area (Å²) in [4.78, 5) is 37.1. The van der Waals surface area contributed by atoms with Crippen molar-refractivity contribution in [3.63, 3.8) is 0 Å². The van der Waals surface area contributed by atoms with Gasteiger partial charge in [-0.25, -0.2) is 9.59 Å². The monoisotopic (exact) mass is 436 g/mol. The van der Waals surface area contributed by atoms with E-state index in [4.69, 9.17) is 21.1 Å². The molecule has 0 atom stereocenters. The van der Waals surface area contributed by atoms with Crippen molar-refractivity contribution in [3.8, 4) is 11.3 Å². The highest BCUT2D eigenvalue weighted by atomic mass is 35.5. The molecular formula is C23H17ClN2O5. The van der Waals surface area contributed by atoms with Crippen molar-refractivity contribution in [2.45, 2.75) is 13.5 Å². The zero-order valence-corrected chi connectivity index (χ0v) is 17.1. The van der Waals surface area contributed by atoms with Crippen LogP contribution in [0.25, 0.3) is 17.4 Å². The lowest BCUT2D eigenvalue weighted by atomic mass is 10.0. The predicted molar refractivity (Wildman–Crippen MR) is 114 cm³/mol. The third-order valence-corrected chi connectivity index (χ3v) is 5.12. The van der Waals surface area contributed by atoms with E-state index in [0.717, 1.165) is 21.6 Å². The van der Waals surface area contributed by atoms with Crippen LogP contribution in [0.5, 0.6) is 0 Å². The Kier molecular flexibility index (Phi) is 5.35. The molecule has 7 nitrogen and oxygen atoms in total. The number of carboxylic acid groups (broad SMARTS) is 1. The van der Waals surface area contributed by atoms with Crippen LogP contribution in [0.4, 0.5) is 4.79 Å². The molecule has 1 aromatic heterocycles. The van der Waals surface area contributed by atoms with Crippen molar-refractivity contribution in [3.05, 3.63) is 87.8 Å². The summed E-state index contributed by atoms with van der Waals surface area (Å²) < 4.78 is 5.80. The number of aryl methyl sites for hydroxylation is 1. The summed E-state index contributed by atoms with van der Waals surface area (Å²) in [6, 6.07) is 14.5. The largest absolute Gasteiger partial charge is 0.478 e. The first kappa shape index (κ1) is 20.4. The number of aromatic carboxylic acids is 1. The number of hydrogen-bond acceptors (Lipinski definition) is 4. The van der Waals surface area contributed by atoms with Gasteiger partial charge in [-0.2, -0.15) is 0 Å². The molecular weight excluding hydrogens is 420 g/mol. The molecule has 0 aliphatic carbocycles. The number of carbonyl (C=O) groups is 3. The molecule has 2 N–H and O–H groups in total. The minimum atomic E-state index is -1.00. The van der Waals surface area contributed by atoms with Crippen LogP contribution < -0.4 is 5.32 Å². The second-order valence-corrected chi connectivity index (χ2v) is 7.48. The maximum absolute atomic E-state index is 12.7. The van der Waals surface area contributed by atoms with Gasteiger partial charge in [0.2, 0.25) is 0 Å². The molecule has 4 rings (SSSR count). The van der Waals surface area contributed by atoms with Crippen LogP contribution in [0.2, 0.25) is 5.02 Å². The van der Waals surface area contributed by atoms with Gasteiger partial charge in [-0.1, -0.05) is 29.8 Å². The first-order valence-electron chi connectivity index (χ1n) is 9.35. The number of amides is 3. The first-order chi connectivity index (χ1) is 14.8. The molecule has 1 aliphatic rings. The number of hydrogen-bond donors (Lipinski definition) is 2. The van der Waals surface area contributed by atoms with Crippen molar-refractivity contribution in [2.24, 2.45) is 0 Å². The van der Waals surface area contributed by atoms with Crippen molar-refractivity contribution >= 4 is 35.6 Å². The fourth-order valence-electron chi connectivity index (χ4n) is 3.28. The Bertz CT molecular complexity index is 1230. The van der Waals surface area contributed by atoms with E-state index in [1.54, 1.807) is 55.5 Å². The summed E-state index contributed by atoms with van der Waals surface area (Å²) >= 11 is 5.87. The SMILES string of the molecule is Cc1cc(C(=O)O)ccc1-c1ccc(/C=C2\NC(=O)N(Cc3ccc(Cl)cc3)C2=O)o1. The highest BCUT2D eigenvalue weighted by molar-refractivity contribution is 6.30. The second kappa shape index (κ2) is 8.12. The molecule has 1 saturated heterocycles. The van der Waals surface area contributed by atoms with Gasteiger partial charge in [-0.15, -0.1) is 0 Å². The van der Waals surface area contributed by atoms with Crippen LogP contribution in [0.15, 0.2) is 64.7 Å². The molecule has 3 aromatic rings. The zero-order valence-electron chi connectivity index (χ0n) is 16.4. The highest BCUT2D eigenvalue weighted by Crippen LogP contribution is 2.28. The molecule has 0 spiro atoms. The van der Waals surface area contributed by atoms with Crippen molar-refractivity contribution in [1.29, 1.82) is 0 Å². The lowest BCUT2D eigenvalue weighted by Crippen LogP contribution is -2.30. The number of urea groups is 1. The molecule has 0 bridgehead atoms. The number of halogens is 1. The maximum Gasteiger partial charge on any atom is 0.335 e. The molecule has 156 valence electrons. The summed E-state index contributed by atoms with van der Waals surface area (Å²) in [7, 11) is 0. The third-order valence-electron chi connectivity index (χ3n) is 4.87. The summed E-state index contributed by atoms with van der Waals surface area (Å²) in [6.45, 7) is 1.91. The molecule has 1 aliphatic heterocycles. The van der Waals surface area contributed by atoms with Crippen molar-refractivity contribution in [2.75, 3.05) is 0 Å². The average molecular weight is 437 g/mol. The Balaban J connectivity index is 1.54. The molecule has 1 fully saturated rings. The second-order valence-electron chi connectivity index (χ2n) is 7.04. The molecule has 0 unspecified atom stereocenters. The van der Waals surface area contributed by atoms with Gasteiger partial charge in [0.05, 0.1) is 12.1 Å². The molecule has 0 saturated carbocycles. The van der Waals surface area contributed by atoms with E-state index in [1.165, 1.54) is 12.1 Å². The Labute approximate surface area is 182 Å². The van der Waals surface area contributed by atoms with E-state index < -0.39 is 17.9 Å². The Morgan fingerprint density at radius 1 is 1.13 bits per heavy atom. The zero-order chi connectivity index (χ0) is 22.1. The van der Waals surface area contributed by atoms with Crippen LogP contribution in [-0.4, -0.2) is 27.9 Å². The number of imide groups is 1. The standard InChI is InChI=1S/C23H17ClN2O5/c1-13-10-15(22(28)29)4-8-18(13)20-9-7-17(31-20)11-19-21(27)26(23(30)25-19)12-14-2-5-16(24)6-3-14/h2-11H,12H2,1H3,(H,25,30)(H,28,29)/b19-11-. The van der Waals surface area contributed by atoms with E-state index in [9.17, 15) is 14.4 Å². The minimum Gasteiger partial charge on any atom is -0.478 e. The van der Waals surface area contributed by atoms with Crippen LogP contribution >= 0.6 is 11.6 Å². The third kappa shape index (κ3) is 4.22. The number of rotatable bonds is 5. The molecule has 2 aromatic carbocycles. The van der Waals surface area contributed by atoms with Gasteiger partial charge in [0.25, 0.3) is 5.91 Å². The molecule has 31 heavy (non-hydrogen) atoms. The summed E-state index contributed by atoms with van der Waals surface area (Å²) in [5.74, 6) is -0.553. The Hall–Kier alpha value is -3.84. The smallest absolute Gasteiger partial charge is 0.335 e. The fourth-order valence-corrected chi connectivity index (χ4v) is 3.40.